The van der Waals surface area contributed by atoms with E-state index in [2.05, 4.69) is 37.9 Å². The zero-order valence-electron chi connectivity index (χ0n) is 12.8. The maximum absolute atomic E-state index is 12.5. The first-order valence-corrected chi connectivity index (χ1v) is 6.96. The fraction of sp³-hybridized carbons (Fsp3) is 0.929. The van der Waals surface area contributed by atoms with E-state index in [1.807, 2.05) is 19.0 Å². The van der Waals surface area contributed by atoms with Gasteiger partial charge >= 0.3 is 0 Å². The number of hydrogen-bond donors (Lipinski definition) is 1. The molecule has 18 heavy (non-hydrogen) atoms. The first kappa shape index (κ1) is 15.4. The van der Waals surface area contributed by atoms with Crippen LogP contribution in [-0.4, -0.2) is 61.0 Å². The molecule has 1 saturated heterocycles. The molecular weight excluding hydrogens is 226 g/mol. The SMILES string of the molecule is CNCC1C(=O)N(C)CCC(C)(C)N1CC(C)C. The van der Waals surface area contributed by atoms with E-state index in [1.165, 1.54) is 0 Å². The topological polar surface area (TPSA) is 35.6 Å². The normalized spacial score (nSPS) is 25.6. The first-order valence-electron chi connectivity index (χ1n) is 6.96. The van der Waals surface area contributed by atoms with Crippen molar-refractivity contribution >= 4 is 5.91 Å². The Morgan fingerprint density at radius 2 is 2.06 bits per heavy atom. The number of likely N-dealkylation sites (N-methyl/N-ethyl adjacent to an activating group) is 2. The number of nitrogens with zero attached hydrogens (tertiary/aromatic N) is 2. The highest BCUT2D eigenvalue weighted by Gasteiger charge is 2.40. The zero-order chi connectivity index (χ0) is 13.9. The van der Waals surface area contributed by atoms with Crippen LogP contribution in [0.3, 0.4) is 0 Å². The quantitative estimate of drug-likeness (QED) is 0.819. The minimum Gasteiger partial charge on any atom is -0.344 e. The van der Waals surface area contributed by atoms with Gasteiger partial charge in [-0.3, -0.25) is 9.69 Å². The lowest BCUT2D eigenvalue weighted by Crippen LogP contribution is -2.57. The number of carbonyl (C=O) groups is 1. The number of amides is 1. The predicted octanol–water partition coefficient (Wildman–Crippen LogP) is 1.17. The largest absolute Gasteiger partial charge is 0.344 e. The summed E-state index contributed by atoms with van der Waals surface area (Å²) in [5.74, 6) is 0.815. The fourth-order valence-electron chi connectivity index (χ4n) is 2.66. The van der Waals surface area contributed by atoms with Crippen LogP contribution < -0.4 is 5.32 Å². The Morgan fingerprint density at radius 1 is 1.44 bits per heavy atom. The molecule has 0 bridgehead atoms. The smallest absolute Gasteiger partial charge is 0.241 e. The molecule has 0 saturated carbocycles. The molecule has 4 heteroatoms. The van der Waals surface area contributed by atoms with Crippen LogP contribution in [0.15, 0.2) is 0 Å². The second-order valence-electron chi connectivity index (χ2n) is 6.44. The van der Waals surface area contributed by atoms with Gasteiger partial charge in [0.15, 0.2) is 0 Å². The van der Waals surface area contributed by atoms with Gasteiger partial charge in [0.25, 0.3) is 0 Å². The Bertz CT molecular complexity index is 289. The van der Waals surface area contributed by atoms with Gasteiger partial charge in [0.2, 0.25) is 5.91 Å². The van der Waals surface area contributed by atoms with E-state index in [1.54, 1.807) is 0 Å². The van der Waals surface area contributed by atoms with E-state index >= 15 is 0 Å². The minimum atomic E-state index is -0.0418. The summed E-state index contributed by atoms with van der Waals surface area (Å²) in [4.78, 5) is 16.7. The molecule has 0 aromatic rings. The number of rotatable bonds is 4. The Labute approximate surface area is 112 Å². The average Bonchev–Trinajstić information content (AvgIpc) is 2.34. The van der Waals surface area contributed by atoms with Gasteiger partial charge in [-0.2, -0.15) is 0 Å². The van der Waals surface area contributed by atoms with Gasteiger partial charge in [-0.15, -0.1) is 0 Å². The lowest BCUT2D eigenvalue weighted by Gasteiger charge is -2.42. The van der Waals surface area contributed by atoms with E-state index in [4.69, 9.17) is 0 Å². The summed E-state index contributed by atoms with van der Waals surface area (Å²) in [6.45, 7) is 11.5. The summed E-state index contributed by atoms with van der Waals surface area (Å²) in [5.41, 5.74) is 0.0756. The van der Waals surface area contributed by atoms with Gasteiger partial charge in [-0.1, -0.05) is 13.8 Å². The number of nitrogens with one attached hydrogen (secondary N) is 1. The van der Waals surface area contributed by atoms with Crippen LogP contribution in [0.5, 0.6) is 0 Å². The van der Waals surface area contributed by atoms with Crippen LogP contribution in [0.4, 0.5) is 0 Å². The molecule has 0 aromatic carbocycles. The van der Waals surface area contributed by atoms with Crippen LogP contribution in [0.25, 0.3) is 0 Å². The zero-order valence-corrected chi connectivity index (χ0v) is 12.8. The molecule has 0 aromatic heterocycles. The molecule has 106 valence electrons. The third kappa shape index (κ3) is 3.45. The van der Waals surface area contributed by atoms with Gasteiger partial charge in [0.1, 0.15) is 6.04 Å². The van der Waals surface area contributed by atoms with Crippen molar-refractivity contribution < 1.29 is 4.79 Å². The second kappa shape index (κ2) is 6.02. The van der Waals surface area contributed by atoms with Crippen molar-refractivity contribution in [3.05, 3.63) is 0 Å². The van der Waals surface area contributed by atoms with Crippen molar-refractivity contribution in [2.75, 3.05) is 33.7 Å². The summed E-state index contributed by atoms with van der Waals surface area (Å²) in [5, 5.41) is 3.17. The van der Waals surface area contributed by atoms with E-state index < -0.39 is 0 Å². The fourth-order valence-corrected chi connectivity index (χ4v) is 2.66. The standard InChI is InChI=1S/C14H29N3O/c1-11(2)10-17-12(9-15-5)13(18)16(6)8-7-14(17,3)4/h11-12,15H,7-10H2,1-6H3. The van der Waals surface area contributed by atoms with Crippen molar-refractivity contribution in [3.8, 4) is 0 Å². The molecule has 1 fully saturated rings. The van der Waals surface area contributed by atoms with Crippen LogP contribution in [0.2, 0.25) is 0 Å². The highest BCUT2D eigenvalue weighted by atomic mass is 16.2. The molecule has 1 aliphatic rings. The van der Waals surface area contributed by atoms with Gasteiger partial charge in [0, 0.05) is 32.2 Å². The first-order chi connectivity index (χ1) is 8.29. The van der Waals surface area contributed by atoms with Gasteiger partial charge in [-0.05, 0) is 33.2 Å². The molecule has 0 radical (unpaired) electrons. The molecule has 1 unspecified atom stereocenters. The highest BCUT2D eigenvalue weighted by molar-refractivity contribution is 5.82. The minimum absolute atomic E-state index is 0.0418. The molecule has 1 N–H and O–H groups in total. The van der Waals surface area contributed by atoms with Crippen molar-refractivity contribution in [3.63, 3.8) is 0 Å². The maximum atomic E-state index is 12.5. The summed E-state index contributed by atoms with van der Waals surface area (Å²) in [6, 6.07) is -0.0418. The third-order valence-corrected chi connectivity index (χ3v) is 3.83. The third-order valence-electron chi connectivity index (χ3n) is 3.83. The molecule has 1 rings (SSSR count). The monoisotopic (exact) mass is 255 g/mol. The summed E-state index contributed by atoms with van der Waals surface area (Å²) < 4.78 is 0. The number of carbonyl (C=O) groups excluding carboxylic acids is 1. The Balaban J connectivity index is 3.02. The van der Waals surface area contributed by atoms with Crippen molar-refractivity contribution in [1.82, 2.24) is 15.1 Å². The van der Waals surface area contributed by atoms with E-state index in [9.17, 15) is 4.79 Å². The lowest BCUT2D eigenvalue weighted by molar-refractivity contribution is -0.135. The molecule has 1 heterocycles. The predicted molar refractivity (Wildman–Crippen MR) is 75.6 cm³/mol. The van der Waals surface area contributed by atoms with E-state index in [0.29, 0.717) is 5.92 Å². The molecule has 0 spiro atoms. The van der Waals surface area contributed by atoms with Crippen molar-refractivity contribution in [2.24, 2.45) is 5.92 Å². The summed E-state index contributed by atoms with van der Waals surface area (Å²) in [6.07, 6.45) is 1.03. The van der Waals surface area contributed by atoms with Crippen LogP contribution >= 0.6 is 0 Å². The molecule has 1 atom stereocenters. The maximum Gasteiger partial charge on any atom is 0.241 e. The summed E-state index contributed by atoms with van der Waals surface area (Å²) in [7, 11) is 3.83. The Kier molecular flexibility index (Phi) is 5.17. The number of hydrogen-bond acceptors (Lipinski definition) is 3. The Hall–Kier alpha value is -0.610. The summed E-state index contributed by atoms with van der Waals surface area (Å²) >= 11 is 0. The molecule has 4 nitrogen and oxygen atoms in total. The van der Waals surface area contributed by atoms with Crippen LogP contribution in [0, 0.1) is 5.92 Å². The molecule has 1 aliphatic heterocycles. The van der Waals surface area contributed by atoms with Crippen LogP contribution in [-0.2, 0) is 4.79 Å². The van der Waals surface area contributed by atoms with Crippen LogP contribution in [0.1, 0.15) is 34.1 Å². The molecular formula is C14H29N3O. The van der Waals surface area contributed by atoms with Gasteiger partial charge < -0.3 is 10.2 Å². The van der Waals surface area contributed by atoms with Crippen molar-refractivity contribution in [2.45, 2.75) is 45.7 Å². The second-order valence-corrected chi connectivity index (χ2v) is 6.44. The average molecular weight is 255 g/mol. The van der Waals surface area contributed by atoms with Crippen molar-refractivity contribution in [1.29, 1.82) is 0 Å². The van der Waals surface area contributed by atoms with E-state index in [-0.39, 0.29) is 17.5 Å². The van der Waals surface area contributed by atoms with Gasteiger partial charge in [-0.25, -0.2) is 0 Å². The lowest BCUT2D eigenvalue weighted by atomic mass is 9.95. The Morgan fingerprint density at radius 3 is 2.56 bits per heavy atom. The van der Waals surface area contributed by atoms with Gasteiger partial charge in [0.05, 0.1) is 0 Å². The molecule has 0 aliphatic carbocycles. The molecule has 1 amide bonds. The highest BCUT2D eigenvalue weighted by Crippen LogP contribution is 2.27. The van der Waals surface area contributed by atoms with E-state index in [0.717, 1.165) is 26.1 Å².